The second kappa shape index (κ2) is 8.44. The van der Waals surface area contributed by atoms with Crippen LogP contribution in [0.2, 0.25) is 0 Å². The molecule has 1 aromatic carbocycles. The molecule has 0 atom stereocenters. The van der Waals surface area contributed by atoms with Gasteiger partial charge in [-0.25, -0.2) is 4.68 Å². The number of amides is 1. The maximum atomic E-state index is 13.1. The average Bonchev–Trinajstić information content (AvgIpc) is 3.45. The molecule has 0 radical (unpaired) electrons. The SMILES string of the molecule is Cc1nn(-c2ccccc2)c(C)c1C(=O)N1CCC(NCC2CC2)CC1.Cl. The van der Waals surface area contributed by atoms with Crippen molar-refractivity contribution in [3.05, 3.63) is 47.3 Å². The van der Waals surface area contributed by atoms with Crippen LogP contribution in [-0.2, 0) is 0 Å². The van der Waals surface area contributed by atoms with Crippen LogP contribution in [0.15, 0.2) is 30.3 Å². The summed E-state index contributed by atoms with van der Waals surface area (Å²) in [5.41, 5.74) is 3.49. The number of aromatic nitrogens is 2. The number of rotatable bonds is 5. The summed E-state index contributed by atoms with van der Waals surface area (Å²) < 4.78 is 1.88. The molecule has 0 spiro atoms. The van der Waals surface area contributed by atoms with Crippen molar-refractivity contribution in [3.8, 4) is 5.69 Å². The molecular formula is C21H29ClN4O. The van der Waals surface area contributed by atoms with Gasteiger partial charge in [-0.05, 0) is 64.1 Å². The molecule has 1 aliphatic heterocycles. The summed E-state index contributed by atoms with van der Waals surface area (Å²) in [6, 6.07) is 10.6. The van der Waals surface area contributed by atoms with E-state index in [2.05, 4.69) is 10.4 Å². The van der Waals surface area contributed by atoms with Gasteiger partial charge in [0.05, 0.1) is 22.6 Å². The largest absolute Gasteiger partial charge is 0.338 e. The standard InChI is InChI=1S/C21H28N4O.ClH/c1-15-20(16(2)25(23-15)19-6-4-3-5-7-19)21(26)24-12-10-18(11-13-24)22-14-17-8-9-17;/h3-7,17-18,22H,8-14H2,1-2H3;1H. The third-order valence-electron chi connectivity index (χ3n) is 5.68. The van der Waals surface area contributed by atoms with Gasteiger partial charge in [0.15, 0.2) is 0 Å². The van der Waals surface area contributed by atoms with E-state index in [1.807, 2.05) is 53.8 Å². The summed E-state index contributed by atoms with van der Waals surface area (Å²) in [7, 11) is 0. The van der Waals surface area contributed by atoms with E-state index in [1.54, 1.807) is 0 Å². The smallest absolute Gasteiger partial charge is 0.257 e. The van der Waals surface area contributed by atoms with Crippen molar-refractivity contribution in [3.63, 3.8) is 0 Å². The van der Waals surface area contributed by atoms with E-state index >= 15 is 0 Å². The van der Waals surface area contributed by atoms with Gasteiger partial charge in [0, 0.05) is 19.1 Å². The molecule has 0 unspecified atom stereocenters. The minimum atomic E-state index is 0. The van der Waals surface area contributed by atoms with Crippen molar-refractivity contribution >= 4 is 18.3 Å². The molecule has 6 heteroatoms. The zero-order valence-electron chi connectivity index (χ0n) is 16.1. The van der Waals surface area contributed by atoms with Crippen LogP contribution in [0.4, 0.5) is 0 Å². The Morgan fingerprint density at radius 2 is 1.78 bits per heavy atom. The van der Waals surface area contributed by atoms with Crippen LogP contribution in [0.25, 0.3) is 5.69 Å². The van der Waals surface area contributed by atoms with E-state index in [0.717, 1.165) is 61.0 Å². The Kier molecular flexibility index (Phi) is 6.22. The number of nitrogens with one attached hydrogen (secondary N) is 1. The normalized spacial score (nSPS) is 17.6. The first-order valence-corrected chi connectivity index (χ1v) is 9.78. The van der Waals surface area contributed by atoms with Crippen molar-refractivity contribution in [1.29, 1.82) is 0 Å². The van der Waals surface area contributed by atoms with Crippen molar-refractivity contribution in [1.82, 2.24) is 20.0 Å². The molecule has 0 bridgehead atoms. The molecule has 5 nitrogen and oxygen atoms in total. The minimum absolute atomic E-state index is 0. The van der Waals surface area contributed by atoms with Gasteiger partial charge in [-0.3, -0.25) is 4.79 Å². The number of hydrogen-bond donors (Lipinski definition) is 1. The van der Waals surface area contributed by atoms with E-state index in [4.69, 9.17) is 0 Å². The van der Waals surface area contributed by atoms with E-state index in [1.165, 1.54) is 12.8 Å². The molecule has 2 aromatic rings. The molecule has 1 amide bonds. The molecule has 1 N–H and O–H groups in total. The molecule has 4 rings (SSSR count). The average molecular weight is 389 g/mol. The van der Waals surface area contributed by atoms with E-state index in [9.17, 15) is 4.79 Å². The van der Waals surface area contributed by atoms with Gasteiger partial charge in [-0.15, -0.1) is 12.4 Å². The van der Waals surface area contributed by atoms with E-state index in [-0.39, 0.29) is 18.3 Å². The van der Waals surface area contributed by atoms with Crippen LogP contribution in [-0.4, -0.2) is 46.3 Å². The molecule has 2 fully saturated rings. The third kappa shape index (κ3) is 4.36. The lowest BCUT2D eigenvalue weighted by Crippen LogP contribution is -2.45. The number of carbonyl (C=O) groups excluding carboxylic acids is 1. The maximum Gasteiger partial charge on any atom is 0.257 e. The topological polar surface area (TPSA) is 50.2 Å². The second-order valence-electron chi connectivity index (χ2n) is 7.71. The van der Waals surface area contributed by atoms with Gasteiger partial charge in [0.2, 0.25) is 0 Å². The zero-order chi connectivity index (χ0) is 18.1. The quantitative estimate of drug-likeness (QED) is 0.852. The lowest BCUT2D eigenvalue weighted by atomic mass is 10.0. The Labute approximate surface area is 167 Å². The molecule has 27 heavy (non-hydrogen) atoms. The molecule has 1 aliphatic carbocycles. The van der Waals surface area contributed by atoms with Gasteiger partial charge in [-0.2, -0.15) is 5.10 Å². The highest BCUT2D eigenvalue weighted by Gasteiger charge is 2.29. The summed E-state index contributed by atoms with van der Waals surface area (Å²) in [5.74, 6) is 1.03. The molecule has 2 aliphatic rings. The number of benzene rings is 1. The lowest BCUT2D eigenvalue weighted by Gasteiger charge is -2.32. The number of carbonyl (C=O) groups is 1. The Bertz CT molecular complexity index is 777. The summed E-state index contributed by atoms with van der Waals surface area (Å²) >= 11 is 0. The van der Waals surface area contributed by atoms with E-state index < -0.39 is 0 Å². The van der Waals surface area contributed by atoms with Crippen molar-refractivity contribution < 1.29 is 4.79 Å². The Hall–Kier alpha value is -1.85. The first-order valence-electron chi connectivity index (χ1n) is 9.78. The van der Waals surface area contributed by atoms with Crippen molar-refractivity contribution in [2.24, 2.45) is 5.92 Å². The summed E-state index contributed by atoms with van der Waals surface area (Å²) in [6.45, 7) is 6.74. The minimum Gasteiger partial charge on any atom is -0.338 e. The molecule has 1 aromatic heterocycles. The van der Waals surface area contributed by atoms with Crippen LogP contribution < -0.4 is 5.32 Å². The summed E-state index contributed by atoms with van der Waals surface area (Å²) in [6.07, 6.45) is 4.86. The van der Waals surface area contributed by atoms with Crippen molar-refractivity contribution in [2.75, 3.05) is 19.6 Å². The van der Waals surface area contributed by atoms with Crippen LogP contribution in [0.1, 0.15) is 47.4 Å². The molecule has 1 saturated carbocycles. The third-order valence-corrected chi connectivity index (χ3v) is 5.68. The highest BCUT2D eigenvalue weighted by molar-refractivity contribution is 5.96. The summed E-state index contributed by atoms with van der Waals surface area (Å²) in [5, 5.41) is 8.30. The van der Waals surface area contributed by atoms with Gasteiger partial charge in [0.25, 0.3) is 5.91 Å². The Morgan fingerprint density at radius 1 is 1.11 bits per heavy atom. The predicted molar refractivity (Wildman–Crippen MR) is 110 cm³/mol. The molecule has 2 heterocycles. The number of para-hydroxylation sites is 1. The van der Waals surface area contributed by atoms with Gasteiger partial charge < -0.3 is 10.2 Å². The first kappa shape index (κ1) is 19.9. The number of aryl methyl sites for hydroxylation is 1. The Morgan fingerprint density at radius 3 is 2.41 bits per heavy atom. The van der Waals surface area contributed by atoms with Crippen molar-refractivity contribution in [2.45, 2.75) is 45.6 Å². The second-order valence-corrected chi connectivity index (χ2v) is 7.71. The van der Waals surface area contributed by atoms with Gasteiger partial charge in [-0.1, -0.05) is 18.2 Å². The fourth-order valence-electron chi connectivity index (χ4n) is 3.87. The maximum absolute atomic E-state index is 13.1. The molecule has 1 saturated heterocycles. The fourth-order valence-corrected chi connectivity index (χ4v) is 3.87. The lowest BCUT2D eigenvalue weighted by molar-refractivity contribution is 0.0703. The van der Waals surface area contributed by atoms with Gasteiger partial charge in [0.1, 0.15) is 0 Å². The highest BCUT2D eigenvalue weighted by atomic mass is 35.5. The fraction of sp³-hybridized carbons (Fsp3) is 0.524. The van der Waals surface area contributed by atoms with Crippen LogP contribution in [0.3, 0.4) is 0 Å². The van der Waals surface area contributed by atoms with Crippen LogP contribution in [0, 0.1) is 19.8 Å². The zero-order valence-corrected chi connectivity index (χ0v) is 17.0. The van der Waals surface area contributed by atoms with Gasteiger partial charge >= 0.3 is 0 Å². The van der Waals surface area contributed by atoms with Crippen LogP contribution >= 0.6 is 12.4 Å². The molecule has 146 valence electrons. The number of halogens is 1. The number of hydrogen-bond acceptors (Lipinski definition) is 3. The predicted octanol–water partition coefficient (Wildman–Crippen LogP) is 3.52. The van der Waals surface area contributed by atoms with Crippen LogP contribution in [0.5, 0.6) is 0 Å². The monoisotopic (exact) mass is 388 g/mol. The first-order chi connectivity index (χ1) is 12.6. The summed E-state index contributed by atoms with van der Waals surface area (Å²) in [4.78, 5) is 15.1. The number of nitrogens with zero attached hydrogens (tertiary/aromatic N) is 3. The number of likely N-dealkylation sites (tertiary alicyclic amines) is 1. The Balaban J connectivity index is 0.00000210. The number of piperidine rings is 1. The molecular weight excluding hydrogens is 360 g/mol. The van der Waals surface area contributed by atoms with E-state index in [0.29, 0.717) is 6.04 Å². The highest BCUT2D eigenvalue weighted by Crippen LogP contribution is 2.28.